The summed E-state index contributed by atoms with van der Waals surface area (Å²) in [7, 11) is 3.32. The van der Waals surface area contributed by atoms with E-state index >= 15 is 0 Å². The Hall–Kier alpha value is -5.22. The van der Waals surface area contributed by atoms with Crippen LogP contribution < -0.4 is 20.7 Å². The first kappa shape index (κ1) is 31.7. The summed E-state index contributed by atoms with van der Waals surface area (Å²) in [6.45, 7) is 2.76. The van der Waals surface area contributed by atoms with Crippen LogP contribution in [0.2, 0.25) is 0 Å². The fraction of sp³-hybridized carbons (Fsp3) is 0.235. The molecule has 0 saturated heterocycles. The first-order valence-corrected chi connectivity index (χ1v) is 14.5. The summed E-state index contributed by atoms with van der Waals surface area (Å²) >= 11 is 0. The van der Waals surface area contributed by atoms with Gasteiger partial charge in [-0.15, -0.1) is 0 Å². The van der Waals surface area contributed by atoms with E-state index in [1.54, 1.807) is 10.9 Å². The smallest absolute Gasteiger partial charge is 0.324 e. The van der Waals surface area contributed by atoms with Crippen molar-refractivity contribution in [3.8, 4) is 11.4 Å². The maximum absolute atomic E-state index is 13.2. The minimum atomic E-state index is -0.343. The number of unbranched alkanes of at least 4 members (excludes halogenated alkanes) is 1. The maximum atomic E-state index is 13.2. The first-order chi connectivity index (χ1) is 21.6. The van der Waals surface area contributed by atoms with Crippen molar-refractivity contribution in [2.45, 2.75) is 32.8 Å². The topological polar surface area (TPSA) is 119 Å². The van der Waals surface area contributed by atoms with Crippen LogP contribution in [0.5, 0.6) is 5.75 Å². The van der Waals surface area contributed by atoms with E-state index in [0.29, 0.717) is 24.4 Å². The van der Waals surface area contributed by atoms with Crippen molar-refractivity contribution in [3.05, 3.63) is 102 Å². The van der Waals surface area contributed by atoms with Crippen molar-refractivity contribution in [1.29, 1.82) is 0 Å². The van der Waals surface area contributed by atoms with Gasteiger partial charge in [-0.05, 0) is 54.8 Å². The molecule has 10 nitrogen and oxygen atoms in total. The molecule has 0 spiro atoms. The summed E-state index contributed by atoms with van der Waals surface area (Å²) in [5, 5.41) is 15.6. The summed E-state index contributed by atoms with van der Waals surface area (Å²) in [6, 6.07) is 26.9. The highest BCUT2D eigenvalue weighted by molar-refractivity contribution is 6.07. The maximum Gasteiger partial charge on any atom is 0.324 e. The molecule has 0 unspecified atom stereocenters. The summed E-state index contributed by atoms with van der Waals surface area (Å²) in [5.41, 5.74) is 3.53. The SMILES string of the molecule is CCCCc1cc(NC(=O)Nc2ccc(OCc3ccnc(NC)c3)c3ccccc23)n(-c2ccccc2)n1.COCC=O. The van der Waals surface area contributed by atoms with E-state index in [1.165, 1.54) is 7.11 Å². The number of pyridine rings is 1. The molecule has 0 radical (unpaired) electrons. The van der Waals surface area contributed by atoms with Crippen molar-refractivity contribution in [3.63, 3.8) is 0 Å². The molecular formula is C34H38N6O4. The molecule has 0 bridgehead atoms. The molecule has 5 rings (SSSR count). The molecule has 2 heterocycles. The van der Waals surface area contributed by atoms with Gasteiger partial charge in [0.1, 0.15) is 36.9 Å². The second kappa shape index (κ2) is 16.4. The number of hydrogen-bond acceptors (Lipinski definition) is 7. The first-order valence-electron chi connectivity index (χ1n) is 14.5. The number of carbonyl (C=O) groups is 2. The number of benzene rings is 3. The molecule has 0 aliphatic rings. The number of carbonyl (C=O) groups excluding carboxylic acids is 2. The Bertz CT molecular complexity index is 1650. The number of nitrogens with zero attached hydrogens (tertiary/aromatic N) is 3. The number of urea groups is 1. The minimum Gasteiger partial charge on any atom is -0.488 e. The standard InChI is InChI=1S/C31H32N6O2.C3H6O2/c1-3-4-10-23-20-30(37(36-23)24-11-6-5-7-12-24)35-31(38)34-27-15-16-28(26-14-9-8-13-25(26)27)39-21-22-17-18-33-29(19-22)32-2;1-5-3-2-4/h5-9,11-20H,3-4,10,21H2,1-2H3,(H,32,33)(H2,34,35,38);2H,3H2,1H3. The number of aromatic nitrogens is 3. The highest BCUT2D eigenvalue weighted by Gasteiger charge is 2.15. The predicted octanol–water partition coefficient (Wildman–Crippen LogP) is 6.86. The second-order valence-electron chi connectivity index (χ2n) is 9.82. The van der Waals surface area contributed by atoms with E-state index in [-0.39, 0.29) is 12.6 Å². The van der Waals surface area contributed by atoms with E-state index in [0.717, 1.165) is 58.5 Å². The van der Waals surface area contributed by atoms with E-state index < -0.39 is 0 Å². The van der Waals surface area contributed by atoms with E-state index in [1.807, 2.05) is 92.0 Å². The number of rotatable bonds is 12. The third-order valence-electron chi connectivity index (χ3n) is 6.63. The highest BCUT2D eigenvalue weighted by atomic mass is 16.5. The third-order valence-corrected chi connectivity index (χ3v) is 6.63. The lowest BCUT2D eigenvalue weighted by atomic mass is 10.1. The van der Waals surface area contributed by atoms with Gasteiger partial charge in [-0.1, -0.05) is 55.8 Å². The van der Waals surface area contributed by atoms with Gasteiger partial charge in [-0.2, -0.15) is 5.10 Å². The normalized spacial score (nSPS) is 10.4. The Labute approximate surface area is 257 Å². The van der Waals surface area contributed by atoms with Crippen LogP contribution in [0.15, 0.2) is 91.1 Å². The summed E-state index contributed by atoms with van der Waals surface area (Å²) in [6.07, 6.45) is 5.43. The lowest BCUT2D eigenvalue weighted by Crippen LogP contribution is -2.21. The number of para-hydroxylation sites is 1. The van der Waals surface area contributed by atoms with Gasteiger partial charge in [0.25, 0.3) is 0 Å². The molecule has 2 aromatic heterocycles. The number of amides is 2. The Balaban J connectivity index is 0.000000818. The Kier molecular flexibility index (Phi) is 11.8. The molecule has 0 fully saturated rings. The van der Waals surface area contributed by atoms with Crippen LogP contribution in [0.25, 0.3) is 16.5 Å². The molecule has 0 aliphatic heterocycles. The van der Waals surface area contributed by atoms with Gasteiger partial charge in [-0.3, -0.25) is 5.32 Å². The molecule has 44 heavy (non-hydrogen) atoms. The molecule has 2 amide bonds. The summed E-state index contributed by atoms with van der Waals surface area (Å²) in [4.78, 5) is 26.7. The number of hydrogen-bond donors (Lipinski definition) is 3. The third kappa shape index (κ3) is 8.65. The Morgan fingerprint density at radius 3 is 2.43 bits per heavy atom. The highest BCUT2D eigenvalue weighted by Crippen LogP contribution is 2.32. The van der Waals surface area contributed by atoms with E-state index in [4.69, 9.17) is 9.84 Å². The number of aldehydes is 1. The van der Waals surface area contributed by atoms with Gasteiger partial charge < -0.3 is 24.9 Å². The van der Waals surface area contributed by atoms with Crippen molar-refractivity contribution >= 4 is 40.4 Å². The number of fused-ring (bicyclic) bond motifs is 1. The van der Waals surface area contributed by atoms with Crippen LogP contribution in [0, 0.1) is 0 Å². The second-order valence-corrected chi connectivity index (χ2v) is 9.82. The zero-order valence-corrected chi connectivity index (χ0v) is 25.2. The van der Waals surface area contributed by atoms with Crippen molar-refractivity contribution in [2.75, 3.05) is 36.7 Å². The van der Waals surface area contributed by atoms with Crippen molar-refractivity contribution in [2.24, 2.45) is 0 Å². The fourth-order valence-electron chi connectivity index (χ4n) is 4.47. The number of aryl methyl sites for hydroxylation is 1. The molecule has 3 N–H and O–H groups in total. The van der Waals surface area contributed by atoms with Crippen LogP contribution in [0.3, 0.4) is 0 Å². The number of methoxy groups -OCH3 is 1. The van der Waals surface area contributed by atoms with Crippen LogP contribution in [0.1, 0.15) is 31.0 Å². The van der Waals surface area contributed by atoms with Crippen molar-refractivity contribution < 1.29 is 19.1 Å². The van der Waals surface area contributed by atoms with Gasteiger partial charge in [0.05, 0.1) is 17.1 Å². The Morgan fingerprint density at radius 1 is 0.955 bits per heavy atom. The molecule has 0 aliphatic carbocycles. The lowest BCUT2D eigenvalue weighted by Gasteiger charge is -2.14. The average Bonchev–Trinajstić information content (AvgIpc) is 3.46. The molecule has 0 atom stereocenters. The van der Waals surface area contributed by atoms with Gasteiger partial charge in [-0.25, -0.2) is 14.5 Å². The zero-order valence-electron chi connectivity index (χ0n) is 25.2. The molecular weight excluding hydrogens is 556 g/mol. The molecule has 228 valence electrons. The van der Waals surface area contributed by atoms with Crippen LogP contribution in [-0.2, 0) is 22.6 Å². The minimum absolute atomic E-state index is 0.208. The van der Waals surface area contributed by atoms with Gasteiger partial charge in [0.15, 0.2) is 0 Å². The van der Waals surface area contributed by atoms with Gasteiger partial charge >= 0.3 is 6.03 Å². The van der Waals surface area contributed by atoms with Crippen LogP contribution in [-0.4, -0.2) is 47.8 Å². The number of ether oxygens (including phenoxy) is 2. The molecule has 3 aromatic carbocycles. The van der Waals surface area contributed by atoms with Crippen molar-refractivity contribution in [1.82, 2.24) is 14.8 Å². The summed E-state index contributed by atoms with van der Waals surface area (Å²) < 4.78 is 12.3. The van der Waals surface area contributed by atoms with E-state index in [9.17, 15) is 9.59 Å². The predicted molar refractivity (Wildman–Crippen MR) is 175 cm³/mol. The van der Waals surface area contributed by atoms with Gasteiger partial charge in [0, 0.05) is 37.2 Å². The van der Waals surface area contributed by atoms with Gasteiger partial charge in [0.2, 0.25) is 0 Å². The average molecular weight is 595 g/mol. The fourth-order valence-corrected chi connectivity index (χ4v) is 4.47. The van der Waals surface area contributed by atoms with Crippen LogP contribution >= 0.6 is 0 Å². The largest absolute Gasteiger partial charge is 0.488 e. The number of anilines is 3. The zero-order chi connectivity index (χ0) is 31.1. The van der Waals surface area contributed by atoms with E-state index in [2.05, 4.69) is 32.6 Å². The van der Waals surface area contributed by atoms with Crippen LogP contribution in [0.4, 0.5) is 22.1 Å². The molecule has 10 heteroatoms. The molecule has 5 aromatic rings. The molecule has 0 saturated carbocycles. The Morgan fingerprint density at radius 2 is 1.73 bits per heavy atom. The monoisotopic (exact) mass is 594 g/mol. The number of nitrogens with one attached hydrogen (secondary N) is 3. The quantitative estimate of drug-likeness (QED) is 0.135. The lowest BCUT2D eigenvalue weighted by molar-refractivity contribution is -0.110. The summed E-state index contributed by atoms with van der Waals surface area (Å²) in [5.74, 6) is 2.15.